The van der Waals surface area contributed by atoms with E-state index in [1.807, 2.05) is 14.1 Å². The summed E-state index contributed by atoms with van der Waals surface area (Å²) in [4.78, 5) is 14.0. The predicted molar refractivity (Wildman–Crippen MR) is 63.8 cm³/mol. The normalized spacial score (nSPS) is 11.6. The molecule has 2 heterocycles. The fourth-order valence-electron chi connectivity index (χ4n) is 1.22. The highest BCUT2D eigenvalue weighted by Gasteiger charge is 2.09. The first-order valence-corrected chi connectivity index (χ1v) is 5.02. The minimum absolute atomic E-state index is 0.127. The molecule has 18 heavy (non-hydrogen) atoms. The van der Waals surface area contributed by atoms with E-state index in [4.69, 9.17) is 10.9 Å². The average Bonchev–Trinajstić information content (AvgIpc) is 2.87. The second kappa shape index (κ2) is 4.65. The lowest BCUT2D eigenvalue weighted by atomic mass is 10.6. The zero-order chi connectivity index (χ0) is 13.1. The van der Waals surface area contributed by atoms with Crippen molar-refractivity contribution >= 4 is 11.8 Å². The van der Waals surface area contributed by atoms with E-state index in [2.05, 4.69) is 25.2 Å². The molecule has 0 amide bonds. The summed E-state index contributed by atoms with van der Waals surface area (Å²) in [5.74, 6) is 1.06. The quantitative estimate of drug-likeness (QED) is 0.316. The molecule has 3 N–H and O–H groups in total. The van der Waals surface area contributed by atoms with Crippen LogP contribution in [0.15, 0.2) is 23.7 Å². The van der Waals surface area contributed by atoms with Crippen LogP contribution in [0.2, 0.25) is 0 Å². The van der Waals surface area contributed by atoms with E-state index in [9.17, 15) is 0 Å². The van der Waals surface area contributed by atoms with Crippen molar-refractivity contribution in [1.29, 1.82) is 0 Å². The summed E-state index contributed by atoms with van der Waals surface area (Å²) in [5, 5.41) is 15.4. The molecule has 0 aliphatic carbocycles. The van der Waals surface area contributed by atoms with Crippen molar-refractivity contribution in [3.8, 4) is 5.82 Å². The molecule has 2 aromatic rings. The summed E-state index contributed by atoms with van der Waals surface area (Å²) in [6, 6.07) is 1.68. The second-order valence-corrected chi connectivity index (χ2v) is 3.61. The molecule has 0 radical (unpaired) electrons. The van der Waals surface area contributed by atoms with E-state index in [-0.39, 0.29) is 11.7 Å². The van der Waals surface area contributed by atoms with E-state index < -0.39 is 0 Å². The molecule has 9 heteroatoms. The molecule has 0 aliphatic rings. The monoisotopic (exact) mass is 248 g/mol. The van der Waals surface area contributed by atoms with Gasteiger partial charge in [-0.2, -0.15) is 4.98 Å². The average molecular weight is 248 g/mol. The maximum absolute atomic E-state index is 8.53. The van der Waals surface area contributed by atoms with Crippen LogP contribution in [0.4, 0.5) is 5.95 Å². The topological polar surface area (TPSA) is 118 Å². The fraction of sp³-hybridized carbons (Fsp3) is 0.222. The number of amidine groups is 1. The van der Waals surface area contributed by atoms with Crippen LogP contribution in [-0.4, -0.2) is 49.9 Å². The second-order valence-electron chi connectivity index (χ2n) is 3.61. The summed E-state index contributed by atoms with van der Waals surface area (Å²) in [7, 11) is 3.67. The molecule has 0 aromatic carbocycles. The third kappa shape index (κ3) is 2.19. The number of nitrogens with zero attached hydrogens (tertiary/aromatic N) is 7. The van der Waals surface area contributed by atoms with Gasteiger partial charge in [0.15, 0.2) is 5.82 Å². The first-order chi connectivity index (χ1) is 8.61. The molecule has 0 spiro atoms. The third-order valence-corrected chi connectivity index (χ3v) is 2.09. The lowest BCUT2D eigenvalue weighted by molar-refractivity contribution is 0.318. The van der Waals surface area contributed by atoms with Crippen LogP contribution in [0.25, 0.3) is 5.82 Å². The van der Waals surface area contributed by atoms with Gasteiger partial charge < -0.3 is 15.8 Å². The van der Waals surface area contributed by atoms with Crippen molar-refractivity contribution in [1.82, 2.24) is 24.7 Å². The Balaban J connectivity index is 2.37. The minimum atomic E-state index is -0.157. The van der Waals surface area contributed by atoms with Crippen molar-refractivity contribution in [2.45, 2.75) is 0 Å². The van der Waals surface area contributed by atoms with Crippen LogP contribution in [0.1, 0.15) is 5.82 Å². The zero-order valence-electron chi connectivity index (χ0n) is 9.89. The number of aromatic nitrogens is 5. The number of oxime groups is 1. The molecule has 2 rings (SSSR count). The van der Waals surface area contributed by atoms with Crippen LogP contribution in [0, 0.1) is 0 Å². The molecule has 9 nitrogen and oxygen atoms in total. The number of anilines is 1. The van der Waals surface area contributed by atoms with Gasteiger partial charge in [-0.15, -0.1) is 5.10 Å². The van der Waals surface area contributed by atoms with E-state index >= 15 is 0 Å². The van der Waals surface area contributed by atoms with Gasteiger partial charge in [-0.05, 0) is 0 Å². The smallest absolute Gasteiger partial charge is 0.226 e. The largest absolute Gasteiger partial charge is 0.409 e. The molecule has 0 aliphatic heterocycles. The SMILES string of the molecule is CN(C)c1nccc(-n2cnc(C(N)=NO)n2)n1. The zero-order valence-corrected chi connectivity index (χ0v) is 9.89. The molecular weight excluding hydrogens is 236 g/mol. The van der Waals surface area contributed by atoms with Crippen molar-refractivity contribution in [3.63, 3.8) is 0 Å². The number of nitrogens with two attached hydrogens (primary N) is 1. The summed E-state index contributed by atoms with van der Waals surface area (Å²) >= 11 is 0. The Labute approximate surface area is 103 Å². The molecule has 0 fully saturated rings. The Morgan fingerprint density at radius 2 is 2.22 bits per heavy atom. The summed E-state index contributed by atoms with van der Waals surface area (Å²) in [6.07, 6.45) is 3.04. The molecule has 0 unspecified atom stereocenters. The van der Waals surface area contributed by atoms with E-state index in [0.29, 0.717) is 11.8 Å². The van der Waals surface area contributed by atoms with Gasteiger partial charge in [-0.1, -0.05) is 5.16 Å². The van der Waals surface area contributed by atoms with Crippen LogP contribution in [-0.2, 0) is 0 Å². The highest BCUT2D eigenvalue weighted by molar-refractivity contribution is 5.93. The lowest BCUT2D eigenvalue weighted by Gasteiger charge is -2.10. The lowest BCUT2D eigenvalue weighted by Crippen LogP contribution is -2.16. The maximum Gasteiger partial charge on any atom is 0.226 e. The van der Waals surface area contributed by atoms with E-state index in [1.54, 1.807) is 17.2 Å². The van der Waals surface area contributed by atoms with Gasteiger partial charge in [0.25, 0.3) is 0 Å². The van der Waals surface area contributed by atoms with Crippen molar-refractivity contribution in [2.24, 2.45) is 10.9 Å². The molecule has 2 aromatic heterocycles. The molecule has 0 atom stereocenters. The minimum Gasteiger partial charge on any atom is -0.409 e. The molecule has 0 saturated heterocycles. The highest BCUT2D eigenvalue weighted by atomic mass is 16.4. The molecule has 94 valence electrons. The van der Waals surface area contributed by atoms with Gasteiger partial charge in [-0.25, -0.2) is 14.6 Å². The summed E-state index contributed by atoms with van der Waals surface area (Å²) in [6.45, 7) is 0. The Kier molecular flexibility index (Phi) is 3.04. The van der Waals surface area contributed by atoms with Gasteiger partial charge in [-0.3, -0.25) is 0 Å². The Morgan fingerprint density at radius 1 is 1.44 bits per heavy atom. The third-order valence-electron chi connectivity index (χ3n) is 2.09. The predicted octanol–water partition coefficient (Wildman–Crippen LogP) is -0.782. The number of hydrogen-bond donors (Lipinski definition) is 2. The van der Waals surface area contributed by atoms with Gasteiger partial charge in [0.2, 0.25) is 17.6 Å². The highest BCUT2D eigenvalue weighted by Crippen LogP contribution is 2.07. The summed E-state index contributed by atoms with van der Waals surface area (Å²) < 4.78 is 1.42. The Morgan fingerprint density at radius 3 is 2.89 bits per heavy atom. The van der Waals surface area contributed by atoms with Crippen LogP contribution in [0.5, 0.6) is 0 Å². The van der Waals surface area contributed by atoms with E-state index in [0.717, 1.165) is 0 Å². The molecule has 0 bridgehead atoms. The molecule has 0 saturated carbocycles. The van der Waals surface area contributed by atoms with Gasteiger partial charge in [0, 0.05) is 26.4 Å². The van der Waals surface area contributed by atoms with Crippen LogP contribution in [0.3, 0.4) is 0 Å². The summed E-state index contributed by atoms with van der Waals surface area (Å²) in [5.41, 5.74) is 5.38. The van der Waals surface area contributed by atoms with Gasteiger partial charge in [0.1, 0.15) is 6.33 Å². The fourth-order valence-corrected chi connectivity index (χ4v) is 1.22. The molecular formula is C9H12N8O. The standard InChI is InChI=1S/C9H12N8O/c1-16(2)9-11-4-3-6(13-9)17-5-12-8(14-17)7(10)15-18/h3-5,18H,1-2H3,(H2,10,15). The Bertz CT molecular complexity index is 575. The van der Waals surface area contributed by atoms with Crippen molar-refractivity contribution in [3.05, 3.63) is 24.4 Å². The first-order valence-electron chi connectivity index (χ1n) is 5.02. The van der Waals surface area contributed by atoms with Crippen molar-refractivity contribution in [2.75, 3.05) is 19.0 Å². The van der Waals surface area contributed by atoms with Crippen LogP contribution >= 0.6 is 0 Å². The maximum atomic E-state index is 8.53. The number of hydrogen-bond acceptors (Lipinski definition) is 7. The van der Waals surface area contributed by atoms with Crippen molar-refractivity contribution < 1.29 is 5.21 Å². The van der Waals surface area contributed by atoms with Gasteiger partial charge >= 0.3 is 0 Å². The number of rotatable bonds is 3. The first kappa shape index (κ1) is 11.8. The van der Waals surface area contributed by atoms with E-state index in [1.165, 1.54) is 11.0 Å². The van der Waals surface area contributed by atoms with Crippen LogP contribution < -0.4 is 10.6 Å². The van der Waals surface area contributed by atoms with Gasteiger partial charge in [0.05, 0.1) is 0 Å². The Hall–Kier alpha value is -2.71.